The lowest BCUT2D eigenvalue weighted by Crippen LogP contribution is -2.35. The van der Waals surface area contributed by atoms with Gasteiger partial charge in [-0.2, -0.15) is 5.10 Å². The predicted octanol–water partition coefficient (Wildman–Crippen LogP) is 6.54. The smallest absolute Gasteiger partial charge is 0.410 e. The van der Waals surface area contributed by atoms with E-state index in [9.17, 15) is 9.59 Å². The average Bonchev–Trinajstić information content (AvgIpc) is 3.48. The van der Waals surface area contributed by atoms with Gasteiger partial charge in [0, 0.05) is 28.5 Å². The Bertz CT molecular complexity index is 1370. The van der Waals surface area contributed by atoms with Crippen LogP contribution in [0.4, 0.5) is 4.79 Å². The number of amides is 1. The SMILES string of the molecule is CCOC(=O)Cc1c(OCc2nn(C3CCN(C(=O)OC(C)(C)C)C3)c3ccc(Br)cc23)cccc1C1CC1. The molecule has 1 unspecified atom stereocenters. The monoisotopic (exact) mass is 597 g/mol. The number of aromatic nitrogens is 2. The van der Waals surface area contributed by atoms with Crippen molar-refractivity contribution in [3.05, 3.63) is 57.7 Å². The molecule has 0 radical (unpaired) electrons. The minimum absolute atomic E-state index is 0.0347. The zero-order chi connectivity index (χ0) is 27.7. The molecule has 9 heteroatoms. The van der Waals surface area contributed by atoms with Gasteiger partial charge in [0.15, 0.2) is 0 Å². The van der Waals surface area contributed by atoms with E-state index >= 15 is 0 Å². The molecule has 3 aromatic rings. The number of nitrogens with zero attached hydrogens (tertiary/aromatic N) is 3. The lowest BCUT2D eigenvalue weighted by molar-refractivity contribution is -0.142. The van der Waals surface area contributed by atoms with Crippen LogP contribution in [0.25, 0.3) is 10.9 Å². The maximum Gasteiger partial charge on any atom is 0.410 e. The van der Waals surface area contributed by atoms with E-state index in [1.165, 1.54) is 5.56 Å². The van der Waals surface area contributed by atoms with Crippen LogP contribution in [0.1, 0.15) is 75.7 Å². The molecule has 2 fully saturated rings. The summed E-state index contributed by atoms with van der Waals surface area (Å²) >= 11 is 3.60. The summed E-state index contributed by atoms with van der Waals surface area (Å²) in [5.74, 6) is 0.927. The molecule has 1 amide bonds. The molecule has 39 heavy (non-hydrogen) atoms. The van der Waals surface area contributed by atoms with Crippen molar-refractivity contribution in [2.45, 2.75) is 77.5 Å². The van der Waals surface area contributed by atoms with Crippen LogP contribution in [0.3, 0.4) is 0 Å². The number of hydrogen-bond acceptors (Lipinski definition) is 6. The third-order valence-corrected chi connectivity index (χ3v) is 7.58. The van der Waals surface area contributed by atoms with E-state index in [1.54, 1.807) is 4.90 Å². The molecule has 1 saturated carbocycles. The Labute approximate surface area is 237 Å². The standard InChI is InChI=1S/C30H36BrN3O5/c1-5-37-28(35)16-23-22(19-9-10-19)7-6-8-27(23)38-18-25-24-15-20(31)11-12-26(24)34(32-25)21-13-14-33(17-21)29(36)39-30(2,3)4/h6-8,11-12,15,19,21H,5,9-10,13-14,16-18H2,1-4H3. The van der Waals surface area contributed by atoms with Crippen molar-refractivity contribution in [2.24, 2.45) is 0 Å². The van der Waals surface area contributed by atoms with Crippen LogP contribution < -0.4 is 4.74 Å². The first-order valence-corrected chi connectivity index (χ1v) is 14.5. The highest BCUT2D eigenvalue weighted by atomic mass is 79.9. The quantitative estimate of drug-likeness (QED) is 0.274. The van der Waals surface area contributed by atoms with Crippen LogP contribution in [0.2, 0.25) is 0 Å². The Kier molecular flexibility index (Phi) is 7.89. The summed E-state index contributed by atoms with van der Waals surface area (Å²) in [5, 5.41) is 5.98. The molecule has 0 spiro atoms. The Morgan fingerprint density at radius 1 is 1.13 bits per heavy atom. The molecule has 2 aliphatic rings. The van der Waals surface area contributed by atoms with Gasteiger partial charge in [-0.3, -0.25) is 9.48 Å². The van der Waals surface area contributed by atoms with Crippen molar-refractivity contribution in [3.8, 4) is 5.75 Å². The summed E-state index contributed by atoms with van der Waals surface area (Å²) in [5.41, 5.74) is 3.35. The third-order valence-electron chi connectivity index (χ3n) is 7.08. The highest BCUT2D eigenvalue weighted by Gasteiger charge is 2.33. The van der Waals surface area contributed by atoms with Crippen molar-refractivity contribution in [1.29, 1.82) is 0 Å². The van der Waals surface area contributed by atoms with Gasteiger partial charge in [0.2, 0.25) is 0 Å². The van der Waals surface area contributed by atoms with E-state index in [-0.39, 0.29) is 31.1 Å². The van der Waals surface area contributed by atoms with Crippen LogP contribution in [-0.2, 0) is 27.3 Å². The highest BCUT2D eigenvalue weighted by Crippen LogP contribution is 2.44. The summed E-state index contributed by atoms with van der Waals surface area (Å²) in [6.07, 6.45) is 2.95. The number of rotatable bonds is 8. The van der Waals surface area contributed by atoms with Crippen molar-refractivity contribution >= 4 is 38.9 Å². The van der Waals surface area contributed by atoms with Gasteiger partial charge in [0.05, 0.1) is 24.6 Å². The molecule has 1 saturated heterocycles. The molecule has 0 N–H and O–H groups in total. The van der Waals surface area contributed by atoms with E-state index in [0.717, 1.165) is 45.9 Å². The summed E-state index contributed by atoms with van der Waals surface area (Å²) in [6, 6.07) is 12.1. The van der Waals surface area contributed by atoms with Gasteiger partial charge in [-0.1, -0.05) is 28.1 Å². The molecular weight excluding hydrogens is 562 g/mol. The van der Waals surface area contributed by atoms with Crippen LogP contribution in [0, 0.1) is 0 Å². The van der Waals surface area contributed by atoms with E-state index in [1.807, 2.05) is 56.6 Å². The maximum absolute atomic E-state index is 12.7. The maximum atomic E-state index is 12.7. The molecule has 2 aromatic carbocycles. The predicted molar refractivity (Wildman–Crippen MR) is 152 cm³/mol. The fraction of sp³-hybridized carbons (Fsp3) is 0.500. The zero-order valence-corrected chi connectivity index (χ0v) is 24.6. The Morgan fingerprint density at radius 2 is 1.92 bits per heavy atom. The van der Waals surface area contributed by atoms with Gasteiger partial charge in [-0.05, 0) is 82.7 Å². The largest absolute Gasteiger partial charge is 0.487 e. The first kappa shape index (κ1) is 27.5. The van der Waals surface area contributed by atoms with Crippen molar-refractivity contribution < 1.29 is 23.8 Å². The average molecular weight is 599 g/mol. The van der Waals surface area contributed by atoms with Gasteiger partial charge in [-0.15, -0.1) is 0 Å². The van der Waals surface area contributed by atoms with Gasteiger partial charge in [0.1, 0.15) is 23.7 Å². The minimum Gasteiger partial charge on any atom is -0.487 e. The van der Waals surface area contributed by atoms with Crippen LogP contribution in [0.15, 0.2) is 40.9 Å². The summed E-state index contributed by atoms with van der Waals surface area (Å²) < 4.78 is 20.2. The summed E-state index contributed by atoms with van der Waals surface area (Å²) in [7, 11) is 0. The van der Waals surface area contributed by atoms with Crippen LogP contribution in [0.5, 0.6) is 5.75 Å². The fourth-order valence-corrected chi connectivity index (χ4v) is 5.54. The molecule has 1 aliphatic carbocycles. The van der Waals surface area contributed by atoms with Gasteiger partial charge in [-0.25, -0.2) is 4.79 Å². The van der Waals surface area contributed by atoms with E-state index in [4.69, 9.17) is 19.3 Å². The molecule has 5 rings (SSSR count). The highest BCUT2D eigenvalue weighted by molar-refractivity contribution is 9.10. The van der Waals surface area contributed by atoms with E-state index < -0.39 is 5.60 Å². The normalized spacial score (nSPS) is 17.5. The Hall–Kier alpha value is -3.07. The zero-order valence-electron chi connectivity index (χ0n) is 23.0. The second kappa shape index (κ2) is 11.2. The molecule has 0 bridgehead atoms. The third kappa shape index (κ3) is 6.40. The number of ether oxygens (including phenoxy) is 3. The van der Waals surface area contributed by atoms with Crippen molar-refractivity contribution in [1.82, 2.24) is 14.7 Å². The summed E-state index contributed by atoms with van der Waals surface area (Å²) in [4.78, 5) is 26.8. The van der Waals surface area contributed by atoms with E-state index in [0.29, 0.717) is 31.4 Å². The number of hydrogen-bond donors (Lipinski definition) is 0. The van der Waals surface area contributed by atoms with E-state index in [2.05, 4.69) is 28.1 Å². The molecule has 1 atom stereocenters. The summed E-state index contributed by atoms with van der Waals surface area (Å²) in [6.45, 7) is 9.21. The van der Waals surface area contributed by atoms with Gasteiger partial charge in [0.25, 0.3) is 0 Å². The lowest BCUT2D eigenvalue weighted by Gasteiger charge is -2.24. The number of carbonyl (C=O) groups excluding carboxylic acids is 2. The van der Waals surface area contributed by atoms with Gasteiger partial charge >= 0.3 is 12.1 Å². The van der Waals surface area contributed by atoms with Gasteiger partial charge < -0.3 is 19.1 Å². The molecular formula is C30H36BrN3O5. The number of carbonyl (C=O) groups is 2. The number of fused-ring (bicyclic) bond motifs is 1. The van der Waals surface area contributed by atoms with Crippen molar-refractivity contribution in [3.63, 3.8) is 0 Å². The lowest BCUT2D eigenvalue weighted by atomic mass is 9.99. The molecule has 1 aliphatic heterocycles. The van der Waals surface area contributed by atoms with Crippen LogP contribution >= 0.6 is 15.9 Å². The second-order valence-electron chi connectivity index (χ2n) is 11.3. The first-order chi connectivity index (χ1) is 18.6. The van der Waals surface area contributed by atoms with Crippen molar-refractivity contribution in [2.75, 3.05) is 19.7 Å². The minimum atomic E-state index is -0.534. The van der Waals surface area contributed by atoms with Crippen LogP contribution in [-0.4, -0.2) is 52.0 Å². The first-order valence-electron chi connectivity index (χ1n) is 13.7. The fourth-order valence-electron chi connectivity index (χ4n) is 5.18. The molecule has 2 heterocycles. The topological polar surface area (TPSA) is 82.9 Å². The number of benzene rings is 2. The Morgan fingerprint density at radius 3 is 2.64 bits per heavy atom. The second-order valence-corrected chi connectivity index (χ2v) is 12.2. The Balaban J connectivity index is 1.39. The molecule has 8 nitrogen and oxygen atoms in total. The number of halogens is 1. The number of likely N-dealkylation sites (tertiary alicyclic amines) is 1. The molecule has 1 aromatic heterocycles. The number of esters is 1. The molecule has 208 valence electrons.